The molecule has 1 aliphatic heterocycles. The number of hydrogen-bond acceptors (Lipinski definition) is 3. The van der Waals surface area contributed by atoms with Gasteiger partial charge in [-0.3, -0.25) is 9.69 Å². The molecule has 162 valence electrons. The van der Waals surface area contributed by atoms with Gasteiger partial charge in [0.25, 0.3) is 5.91 Å². The number of nitrogens with one attached hydrogen (secondary N) is 1. The van der Waals surface area contributed by atoms with E-state index in [0.717, 1.165) is 28.5 Å². The van der Waals surface area contributed by atoms with Crippen molar-refractivity contribution < 1.29 is 13.6 Å². The normalized spacial score (nSPS) is 14.8. The summed E-state index contributed by atoms with van der Waals surface area (Å²) in [5.74, 6) is -0.382. The van der Waals surface area contributed by atoms with Crippen molar-refractivity contribution >= 4 is 16.9 Å². The van der Waals surface area contributed by atoms with E-state index in [0.29, 0.717) is 43.9 Å². The molecular formula is C25H22F2N4O. The molecule has 7 heteroatoms. The van der Waals surface area contributed by atoms with Gasteiger partial charge in [0.2, 0.25) is 0 Å². The maximum absolute atomic E-state index is 13.9. The number of aromatic nitrogens is 2. The van der Waals surface area contributed by atoms with Gasteiger partial charge in [0, 0.05) is 55.5 Å². The van der Waals surface area contributed by atoms with Crippen LogP contribution < -0.4 is 0 Å². The minimum absolute atomic E-state index is 0.0382. The van der Waals surface area contributed by atoms with Crippen LogP contribution in [0.15, 0.2) is 66.7 Å². The number of piperazine rings is 1. The lowest BCUT2D eigenvalue weighted by atomic mass is 10.1. The number of carbonyl (C=O) groups is 1. The predicted octanol–water partition coefficient (Wildman–Crippen LogP) is 4.47. The first-order chi connectivity index (χ1) is 15.6. The Balaban J connectivity index is 1.25. The number of amides is 1. The third-order valence-corrected chi connectivity index (χ3v) is 5.85. The lowest BCUT2D eigenvalue weighted by Gasteiger charge is -2.34. The van der Waals surface area contributed by atoms with Gasteiger partial charge in [-0.2, -0.15) is 0 Å². The van der Waals surface area contributed by atoms with Gasteiger partial charge < -0.3 is 9.88 Å². The van der Waals surface area contributed by atoms with Crippen molar-refractivity contribution in [2.24, 2.45) is 0 Å². The van der Waals surface area contributed by atoms with Crippen molar-refractivity contribution in [2.75, 3.05) is 26.2 Å². The Hall–Kier alpha value is -3.58. The van der Waals surface area contributed by atoms with Gasteiger partial charge in [0.05, 0.1) is 11.0 Å². The van der Waals surface area contributed by atoms with E-state index in [1.165, 1.54) is 12.1 Å². The Kier molecular flexibility index (Phi) is 5.41. The Morgan fingerprint density at radius 2 is 1.72 bits per heavy atom. The Labute approximate surface area is 184 Å². The highest BCUT2D eigenvalue weighted by atomic mass is 19.1. The second-order valence-electron chi connectivity index (χ2n) is 7.99. The lowest BCUT2D eigenvalue weighted by molar-refractivity contribution is 0.0627. The van der Waals surface area contributed by atoms with E-state index in [4.69, 9.17) is 0 Å². The molecule has 0 spiro atoms. The van der Waals surface area contributed by atoms with Crippen LogP contribution in [0, 0.1) is 11.6 Å². The van der Waals surface area contributed by atoms with E-state index in [1.807, 2.05) is 53.4 Å². The van der Waals surface area contributed by atoms with Crippen LogP contribution in [0.5, 0.6) is 0 Å². The quantitative estimate of drug-likeness (QED) is 0.518. The molecule has 5 rings (SSSR count). The zero-order valence-electron chi connectivity index (χ0n) is 17.4. The predicted molar refractivity (Wildman–Crippen MR) is 119 cm³/mol. The van der Waals surface area contributed by atoms with Crippen LogP contribution in [-0.4, -0.2) is 51.9 Å². The third kappa shape index (κ3) is 4.11. The molecule has 1 N–H and O–H groups in total. The second kappa shape index (κ2) is 8.51. The number of hydrogen-bond donors (Lipinski definition) is 1. The molecule has 0 atom stereocenters. The van der Waals surface area contributed by atoms with Crippen LogP contribution in [0.4, 0.5) is 8.78 Å². The molecule has 32 heavy (non-hydrogen) atoms. The van der Waals surface area contributed by atoms with E-state index in [9.17, 15) is 13.6 Å². The first-order valence-electron chi connectivity index (χ1n) is 10.6. The minimum atomic E-state index is -0.577. The summed E-state index contributed by atoms with van der Waals surface area (Å²) >= 11 is 0. The standard InChI is InChI=1S/C25H22F2N4O/c26-20-8-6-19(21(27)15-20)16-30-10-12-31(13-11-30)25(32)18-7-9-22-23(14-18)29-24(28-22)17-4-2-1-3-5-17/h1-9,14-15H,10-13,16H2,(H,28,29). The molecule has 2 heterocycles. The first kappa shape index (κ1) is 20.3. The van der Waals surface area contributed by atoms with Gasteiger partial charge in [-0.15, -0.1) is 0 Å². The van der Waals surface area contributed by atoms with Gasteiger partial charge >= 0.3 is 0 Å². The molecule has 1 aliphatic rings. The van der Waals surface area contributed by atoms with Crippen LogP contribution in [0.25, 0.3) is 22.4 Å². The molecule has 1 aromatic heterocycles. The molecule has 0 saturated carbocycles. The maximum atomic E-state index is 13.9. The van der Waals surface area contributed by atoms with Crippen molar-refractivity contribution in [3.63, 3.8) is 0 Å². The summed E-state index contributed by atoms with van der Waals surface area (Å²) in [5, 5.41) is 0. The van der Waals surface area contributed by atoms with Crippen LogP contribution in [-0.2, 0) is 6.54 Å². The van der Waals surface area contributed by atoms with E-state index in [-0.39, 0.29) is 5.91 Å². The van der Waals surface area contributed by atoms with E-state index >= 15 is 0 Å². The highest BCUT2D eigenvalue weighted by molar-refractivity contribution is 5.97. The van der Waals surface area contributed by atoms with Gasteiger partial charge in [-0.1, -0.05) is 36.4 Å². The summed E-state index contributed by atoms with van der Waals surface area (Å²) in [6.45, 7) is 2.76. The van der Waals surface area contributed by atoms with E-state index < -0.39 is 11.6 Å². The average molecular weight is 432 g/mol. The fourth-order valence-corrected chi connectivity index (χ4v) is 4.05. The summed E-state index contributed by atoms with van der Waals surface area (Å²) in [7, 11) is 0. The van der Waals surface area contributed by atoms with E-state index in [2.05, 4.69) is 14.9 Å². The molecule has 0 aliphatic carbocycles. The van der Waals surface area contributed by atoms with Crippen LogP contribution in [0.2, 0.25) is 0 Å². The van der Waals surface area contributed by atoms with Crippen LogP contribution >= 0.6 is 0 Å². The van der Waals surface area contributed by atoms with Gasteiger partial charge in [0.15, 0.2) is 0 Å². The molecular weight excluding hydrogens is 410 g/mol. The fraction of sp³-hybridized carbons (Fsp3) is 0.200. The molecule has 5 nitrogen and oxygen atoms in total. The highest BCUT2D eigenvalue weighted by Crippen LogP contribution is 2.22. The van der Waals surface area contributed by atoms with E-state index in [1.54, 1.807) is 0 Å². The molecule has 1 fully saturated rings. The molecule has 1 amide bonds. The van der Waals surface area contributed by atoms with Crippen molar-refractivity contribution in [1.29, 1.82) is 0 Å². The molecule has 3 aromatic carbocycles. The number of halogens is 2. The number of rotatable bonds is 4. The van der Waals surface area contributed by atoms with Gasteiger partial charge in [-0.05, 0) is 24.3 Å². The Morgan fingerprint density at radius 3 is 2.47 bits per heavy atom. The summed E-state index contributed by atoms with van der Waals surface area (Å²) in [5.41, 5.74) is 3.68. The minimum Gasteiger partial charge on any atom is -0.338 e. The second-order valence-corrected chi connectivity index (χ2v) is 7.99. The number of carbonyl (C=O) groups excluding carboxylic acids is 1. The lowest BCUT2D eigenvalue weighted by Crippen LogP contribution is -2.48. The van der Waals surface area contributed by atoms with Crippen LogP contribution in [0.3, 0.4) is 0 Å². The third-order valence-electron chi connectivity index (χ3n) is 5.85. The first-order valence-corrected chi connectivity index (χ1v) is 10.6. The van der Waals surface area contributed by atoms with Crippen LogP contribution in [0.1, 0.15) is 15.9 Å². The SMILES string of the molecule is O=C(c1ccc2[nH]c(-c3ccccc3)nc2c1)N1CCN(Cc2ccc(F)cc2F)CC1. The zero-order chi connectivity index (χ0) is 22.1. The smallest absolute Gasteiger partial charge is 0.254 e. The topological polar surface area (TPSA) is 52.2 Å². The molecule has 1 saturated heterocycles. The molecule has 0 bridgehead atoms. The summed E-state index contributed by atoms with van der Waals surface area (Å²) < 4.78 is 27.0. The summed E-state index contributed by atoms with van der Waals surface area (Å²) in [4.78, 5) is 24.9. The number of nitrogens with zero attached hydrogens (tertiary/aromatic N) is 3. The Bertz CT molecular complexity index is 1260. The highest BCUT2D eigenvalue weighted by Gasteiger charge is 2.23. The fourth-order valence-electron chi connectivity index (χ4n) is 4.05. The molecule has 0 unspecified atom stereocenters. The maximum Gasteiger partial charge on any atom is 0.254 e. The largest absolute Gasteiger partial charge is 0.338 e. The van der Waals surface area contributed by atoms with Crippen molar-refractivity contribution in [1.82, 2.24) is 19.8 Å². The summed E-state index contributed by atoms with van der Waals surface area (Å²) in [6, 6.07) is 19.0. The van der Waals surface area contributed by atoms with Gasteiger partial charge in [-0.25, -0.2) is 13.8 Å². The average Bonchev–Trinajstić information content (AvgIpc) is 3.25. The van der Waals surface area contributed by atoms with Crippen molar-refractivity contribution in [3.05, 3.63) is 89.5 Å². The number of fused-ring (bicyclic) bond motifs is 1. The molecule has 0 radical (unpaired) electrons. The zero-order valence-corrected chi connectivity index (χ0v) is 17.4. The van der Waals surface area contributed by atoms with Gasteiger partial charge in [0.1, 0.15) is 17.5 Å². The monoisotopic (exact) mass is 432 g/mol. The number of imidazole rings is 1. The number of benzene rings is 3. The Morgan fingerprint density at radius 1 is 0.938 bits per heavy atom. The van der Waals surface area contributed by atoms with Crippen molar-refractivity contribution in [2.45, 2.75) is 6.54 Å². The summed E-state index contributed by atoms with van der Waals surface area (Å²) in [6.07, 6.45) is 0. The molecule has 4 aromatic rings. The van der Waals surface area contributed by atoms with Crippen molar-refractivity contribution in [3.8, 4) is 11.4 Å². The number of aromatic amines is 1. The number of H-pyrrole nitrogens is 1.